The summed E-state index contributed by atoms with van der Waals surface area (Å²) in [6, 6.07) is 0. The van der Waals surface area contributed by atoms with Crippen LogP contribution in [0.25, 0.3) is 0 Å². The van der Waals surface area contributed by atoms with Gasteiger partial charge >= 0.3 is 0 Å². The number of H-pyrrole nitrogens is 1. The molecule has 0 radical (unpaired) electrons. The Hall–Kier alpha value is -1.91. The van der Waals surface area contributed by atoms with Gasteiger partial charge in [-0.1, -0.05) is 0 Å². The molecule has 1 saturated heterocycles. The van der Waals surface area contributed by atoms with Crippen LogP contribution in [0.2, 0.25) is 0 Å². The summed E-state index contributed by atoms with van der Waals surface area (Å²) in [6.45, 7) is 5.22. The van der Waals surface area contributed by atoms with Crippen LogP contribution in [0, 0.1) is 6.92 Å². The van der Waals surface area contributed by atoms with Crippen LogP contribution in [0.1, 0.15) is 46.3 Å². The number of aryl methyl sites for hydroxylation is 1. The summed E-state index contributed by atoms with van der Waals surface area (Å²) in [4.78, 5) is 26.8. The molecule has 2 heterocycles. The Balaban J connectivity index is 2.14. The van der Waals surface area contributed by atoms with Crippen molar-refractivity contribution in [2.45, 2.75) is 26.7 Å². The Labute approximate surface area is 105 Å². The van der Waals surface area contributed by atoms with Gasteiger partial charge in [0.2, 0.25) is 11.6 Å². The first-order valence-electron chi connectivity index (χ1n) is 6.21. The molecule has 0 bridgehead atoms. The molecule has 1 aromatic heterocycles. The highest BCUT2D eigenvalue weighted by Gasteiger charge is 2.36. The van der Waals surface area contributed by atoms with Crippen molar-refractivity contribution in [3.8, 4) is 0 Å². The van der Waals surface area contributed by atoms with E-state index in [1.54, 1.807) is 13.8 Å². The first kappa shape index (κ1) is 11.2. The Morgan fingerprint density at radius 2 is 1.78 bits per heavy atom. The minimum Gasteiger partial charge on any atom is -0.368 e. The SMILES string of the molecule is CC1=C(N2CCCC2)C(=O)c2c(n[nH]c2C)C1=O. The number of carbonyl (C=O) groups excluding carboxylic acids is 2. The van der Waals surface area contributed by atoms with Crippen molar-refractivity contribution < 1.29 is 9.59 Å². The largest absolute Gasteiger partial charge is 0.368 e. The van der Waals surface area contributed by atoms with Crippen LogP contribution < -0.4 is 0 Å². The van der Waals surface area contributed by atoms with Gasteiger partial charge < -0.3 is 4.90 Å². The maximum atomic E-state index is 12.5. The molecule has 1 aromatic rings. The van der Waals surface area contributed by atoms with Gasteiger partial charge in [-0.2, -0.15) is 5.10 Å². The van der Waals surface area contributed by atoms with Crippen molar-refractivity contribution in [3.05, 3.63) is 28.2 Å². The molecule has 0 atom stereocenters. The summed E-state index contributed by atoms with van der Waals surface area (Å²) in [5.74, 6) is -0.189. The summed E-state index contributed by atoms with van der Waals surface area (Å²) in [5.41, 5.74) is 2.51. The zero-order chi connectivity index (χ0) is 12.9. The molecule has 0 amide bonds. The number of Topliss-reactive ketones (excluding diaryl/α,β-unsaturated/α-hetero) is 2. The smallest absolute Gasteiger partial charge is 0.213 e. The first-order valence-corrected chi connectivity index (χ1v) is 6.21. The van der Waals surface area contributed by atoms with Gasteiger partial charge in [0.05, 0.1) is 11.3 Å². The molecule has 0 spiro atoms. The third-order valence-corrected chi connectivity index (χ3v) is 3.72. The predicted molar refractivity (Wildman–Crippen MR) is 65.5 cm³/mol. The molecule has 1 aliphatic carbocycles. The van der Waals surface area contributed by atoms with Crippen LogP contribution in [0.5, 0.6) is 0 Å². The number of nitrogens with one attached hydrogen (secondary N) is 1. The standard InChI is InChI=1S/C13H15N3O2/c1-7-11(16-5-3-4-6-16)13(18)9-8(2)14-15-10(9)12(7)17/h3-6H2,1-2H3,(H,14,15). The normalized spacial score (nSPS) is 19.8. The van der Waals surface area contributed by atoms with E-state index in [-0.39, 0.29) is 17.3 Å². The van der Waals surface area contributed by atoms with E-state index in [0.717, 1.165) is 25.9 Å². The molecule has 1 fully saturated rings. The average molecular weight is 245 g/mol. The number of allylic oxidation sites excluding steroid dienone is 2. The minimum atomic E-state index is -0.129. The number of aromatic nitrogens is 2. The lowest BCUT2D eigenvalue weighted by Crippen LogP contribution is -2.32. The molecule has 94 valence electrons. The van der Waals surface area contributed by atoms with Crippen molar-refractivity contribution in [1.29, 1.82) is 0 Å². The van der Waals surface area contributed by atoms with E-state index in [2.05, 4.69) is 10.2 Å². The first-order chi connectivity index (χ1) is 8.61. The van der Waals surface area contributed by atoms with Crippen LogP contribution in [-0.2, 0) is 0 Å². The molecule has 1 aliphatic heterocycles. The molecule has 0 saturated carbocycles. The van der Waals surface area contributed by atoms with Gasteiger partial charge in [-0.05, 0) is 26.7 Å². The summed E-state index contributed by atoms with van der Waals surface area (Å²) < 4.78 is 0. The van der Waals surface area contributed by atoms with Gasteiger partial charge in [-0.15, -0.1) is 0 Å². The topological polar surface area (TPSA) is 66.1 Å². The second-order valence-electron chi connectivity index (χ2n) is 4.90. The van der Waals surface area contributed by atoms with Gasteiger partial charge in [-0.25, -0.2) is 0 Å². The number of likely N-dealkylation sites (tertiary alicyclic amines) is 1. The summed E-state index contributed by atoms with van der Waals surface area (Å²) in [5, 5.41) is 6.69. The lowest BCUT2D eigenvalue weighted by atomic mass is 9.91. The highest BCUT2D eigenvalue weighted by molar-refractivity contribution is 6.26. The van der Waals surface area contributed by atoms with Gasteiger partial charge in [0.15, 0.2) is 0 Å². The van der Waals surface area contributed by atoms with Crippen LogP contribution in [0.3, 0.4) is 0 Å². The Morgan fingerprint density at radius 3 is 2.44 bits per heavy atom. The second kappa shape index (κ2) is 3.80. The van der Waals surface area contributed by atoms with E-state index in [4.69, 9.17) is 0 Å². The Morgan fingerprint density at radius 1 is 1.11 bits per heavy atom. The van der Waals surface area contributed by atoms with Crippen molar-refractivity contribution in [2.24, 2.45) is 0 Å². The number of ketones is 2. The van der Waals surface area contributed by atoms with Crippen LogP contribution in [-0.4, -0.2) is 39.8 Å². The molecule has 3 rings (SSSR count). The maximum absolute atomic E-state index is 12.5. The average Bonchev–Trinajstić information content (AvgIpc) is 2.96. The number of hydrogen-bond donors (Lipinski definition) is 1. The third-order valence-electron chi connectivity index (χ3n) is 3.72. The fourth-order valence-electron chi connectivity index (χ4n) is 2.77. The summed E-state index contributed by atoms with van der Waals surface area (Å²) in [7, 11) is 0. The Bertz CT molecular complexity index is 577. The zero-order valence-corrected chi connectivity index (χ0v) is 10.5. The van der Waals surface area contributed by atoms with E-state index in [1.165, 1.54) is 0 Å². The Kier molecular flexibility index (Phi) is 2.36. The quantitative estimate of drug-likeness (QED) is 0.813. The monoisotopic (exact) mass is 245 g/mol. The lowest BCUT2D eigenvalue weighted by Gasteiger charge is -2.25. The number of fused-ring (bicyclic) bond motifs is 1. The molecule has 2 aliphatic rings. The van der Waals surface area contributed by atoms with E-state index in [0.29, 0.717) is 22.5 Å². The van der Waals surface area contributed by atoms with Gasteiger partial charge in [0.25, 0.3) is 0 Å². The van der Waals surface area contributed by atoms with Crippen molar-refractivity contribution in [2.75, 3.05) is 13.1 Å². The lowest BCUT2D eigenvalue weighted by molar-refractivity contribution is 0.0945. The van der Waals surface area contributed by atoms with Crippen LogP contribution in [0.4, 0.5) is 0 Å². The predicted octanol–water partition coefficient (Wildman–Crippen LogP) is 1.47. The van der Waals surface area contributed by atoms with E-state index < -0.39 is 0 Å². The van der Waals surface area contributed by atoms with Crippen molar-refractivity contribution in [3.63, 3.8) is 0 Å². The fourth-order valence-corrected chi connectivity index (χ4v) is 2.77. The summed E-state index contributed by atoms with van der Waals surface area (Å²) >= 11 is 0. The van der Waals surface area contributed by atoms with Gasteiger partial charge in [-0.3, -0.25) is 14.7 Å². The van der Waals surface area contributed by atoms with E-state index in [1.807, 2.05) is 4.90 Å². The third kappa shape index (κ3) is 1.36. The van der Waals surface area contributed by atoms with Crippen LogP contribution >= 0.6 is 0 Å². The zero-order valence-electron chi connectivity index (χ0n) is 10.5. The second-order valence-corrected chi connectivity index (χ2v) is 4.90. The van der Waals surface area contributed by atoms with Gasteiger partial charge in [0, 0.05) is 24.4 Å². The van der Waals surface area contributed by atoms with Gasteiger partial charge in [0.1, 0.15) is 5.69 Å². The number of aromatic amines is 1. The molecule has 5 nitrogen and oxygen atoms in total. The molecular formula is C13H15N3O2. The molecule has 18 heavy (non-hydrogen) atoms. The van der Waals surface area contributed by atoms with Crippen molar-refractivity contribution >= 4 is 11.6 Å². The number of hydrogen-bond acceptors (Lipinski definition) is 4. The highest BCUT2D eigenvalue weighted by Crippen LogP contribution is 2.30. The minimum absolute atomic E-state index is 0.0600. The maximum Gasteiger partial charge on any atom is 0.213 e. The molecular weight excluding hydrogens is 230 g/mol. The fraction of sp³-hybridized carbons (Fsp3) is 0.462. The molecule has 0 unspecified atom stereocenters. The highest BCUT2D eigenvalue weighted by atomic mass is 16.1. The van der Waals surface area contributed by atoms with Crippen LogP contribution in [0.15, 0.2) is 11.3 Å². The summed E-state index contributed by atoms with van der Waals surface area (Å²) in [6.07, 6.45) is 2.16. The molecule has 5 heteroatoms. The van der Waals surface area contributed by atoms with Crippen molar-refractivity contribution in [1.82, 2.24) is 15.1 Å². The van der Waals surface area contributed by atoms with E-state index in [9.17, 15) is 9.59 Å². The number of nitrogens with zero attached hydrogens (tertiary/aromatic N) is 2. The number of carbonyl (C=O) groups is 2. The molecule has 1 N–H and O–H groups in total. The van der Waals surface area contributed by atoms with E-state index >= 15 is 0 Å². The number of rotatable bonds is 1. The molecule has 0 aromatic carbocycles.